The number of fused-ring (bicyclic) bond motifs is 1. The number of H-pyrrole nitrogens is 1. The molecule has 4 nitrogen and oxygen atoms in total. The molecular weight excluding hydrogens is 270 g/mol. The second-order valence-electron chi connectivity index (χ2n) is 4.51. The summed E-state index contributed by atoms with van der Waals surface area (Å²) in [6, 6.07) is 5.79. The van der Waals surface area contributed by atoms with Crippen LogP contribution in [0.5, 0.6) is 0 Å². The first kappa shape index (κ1) is 11.7. The number of hydrogen-bond acceptors (Lipinski definition) is 2. The van der Waals surface area contributed by atoms with Crippen molar-refractivity contribution in [2.45, 2.75) is 25.4 Å². The summed E-state index contributed by atoms with van der Waals surface area (Å²) in [6.07, 6.45) is 1.45. The molecule has 0 spiro atoms. The van der Waals surface area contributed by atoms with Crippen LogP contribution in [0.2, 0.25) is 5.02 Å². The van der Waals surface area contributed by atoms with E-state index in [4.69, 9.17) is 23.8 Å². The molecule has 1 unspecified atom stereocenters. The van der Waals surface area contributed by atoms with E-state index in [0.717, 1.165) is 17.5 Å². The van der Waals surface area contributed by atoms with E-state index in [2.05, 4.69) is 10.3 Å². The summed E-state index contributed by atoms with van der Waals surface area (Å²) in [5.74, 6) is 0.115. The van der Waals surface area contributed by atoms with E-state index in [1.165, 1.54) is 0 Å². The van der Waals surface area contributed by atoms with Crippen LogP contribution < -0.4 is 5.32 Å². The van der Waals surface area contributed by atoms with Gasteiger partial charge in [-0.05, 0) is 36.8 Å². The largest absolute Gasteiger partial charge is 0.352 e. The van der Waals surface area contributed by atoms with Crippen LogP contribution >= 0.6 is 23.8 Å². The topological polar surface area (TPSA) is 49.8 Å². The molecule has 0 bridgehead atoms. The highest BCUT2D eigenvalue weighted by Crippen LogP contribution is 2.20. The highest BCUT2D eigenvalue weighted by atomic mass is 35.5. The number of carbonyl (C=O) groups excluding carboxylic acids is 1. The van der Waals surface area contributed by atoms with Gasteiger partial charge in [-0.2, -0.15) is 0 Å². The van der Waals surface area contributed by atoms with Gasteiger partial charge < -0.3 is 14.9 Å². The molecule has 1 aromatic carbocycles. The number of hydrogen-bond donors (Lipinski definition) is 2. The van der Waals surface area contributed by atoms with Crippen LogP contribution in [0, 0.1) is 4.77 Å². The lowest BCUT2D eigenvalue weighted by atomic mass is 10.2. The van der Waals surface area contributed by atoms with E-state index in [1.807, 2.05) is 22.8 Å². The highest BCUT2D eigenvalue weighted by molar-refractivity contribution is 7.71. The van der Waals surface area contributed by atoms with Crippen molar-refractivity contribution in [2.75, 3.05) is 0 Å². The third-order valence-corrected chi connectivity index (χ3v) is 3.78. The Morgan fingerprint density at radius 2 is 2.33 bits per heavy atom. The van der Waals surface area contributed by atoms with Crippen LogP contribution in [0.25, 0.3) is 11.0 Å². The molecule has 1 amide bonds. The molecular formula is C12H12ClN3OS. The molecule has 94 valence electrons. The highest BCUT2D eigenvalue weighted by Gasteiger charge is 2.21. The number of benzene rings is 1. The lowest BCUT2D eigenvalue weighted by Gasteiger charge is -2.11. The maximum atomic E-state index is 11.2. The Balaban J connectivity index is 2.00. The number of rotatable bonds is 2. The molecule has 1 saturated heterocycles. The fourth-order valence-electron chi connectivity index (χ4n) is 2.34. The molecule has 18 heavy (non-hydrogen) atoms. The molecule has 1 atom stereocenters. The summed E-state index contributed by atoms with van der Waals surface area (Å²) >= 11 is 11.3. The lowest BCUT2D eigenvalue weighted by molar-refractivity contribution is -0.119. The van der Waals surface area contributed by atoms with Gasteiger partial charge in [-0.1, -0.05) is 11.6 Å². The molecule has 1 aliphatic heterocycles. The first-order valence-electron chi connectivity index (χ1n) is 5.81. The van der Waals surface area contributed by atoms with E-state index < -0.39 is 0 Å². The molecule has 1 fully saturated rings. The molecule has 3 rings (SSSR count). The molecule has 1 aliphatic rings. The van der Waals surface area contributed by atoms with Gasteiger partial charge in [-0.15, -0.1) is 0 Å². The van der Waals surface area contributed by atoms with Gasteiger partial charge in [0, 0.05) is 24.0 Å². The van der Waals surface area contributed by atoms with Gasteiger partial charge in [0.1, 0.15) is 0 Å². The average Bonchev–Trinajstić information content (AvgIpc) is 2.86. The van der Waals surface area contributed by atoms with Crippen molar-refractivity contribution in [1.29, 1.82) is 0 Å². The van der Waals surface area contributed by atoms with Crippen LogP contribution in [0.15, 0.2) is 18.2 Å². The average molecular weight is 282 g/mol. The smallest absolute Gasteiger partial charge is 0.220 e. The number of nitrogens with one attached hydrogen (secondary N) is 2. The molecule has 2 heterocycles. The predicted molar refractivity (Wildman–Crippen MR) is 73.3 cm³/mol. The van der Waals surface area contributed by atoms with Crippen LogP contribution in [0.3, 0.4) is 0 Å². The third-order valence-electron chi connectivity index (χ3n) is 3.23. The van der Waals surface area contributed by atoms with Gasteiger partial charge >= 0.3 is 0 Å². The minimum Gasteiger partial charge on any atom is -0.352 e. The third kappa shape index (κ3) is 2.04. The van der Waals surface area contributed by atoms with Gasteiger partial charge in [0.25, 0.3) is 0 Å². The SMILES string of the molecule is O=C1CCC(Cn2c(=S)[nH]c3ccc(Cl)cc32)N1. The monoisotopic (exact) mass is 281 g/mol. The van der Waals surface area contributed by atoms with E-state index in [1.54, 1.807) is 0 Å². The van der Waals surface area contributed by atoms with Gasteiger partial charge in [-0.25, -0.2) is 0 Å². The van der Waals surface area contributed by atoms with Crippen molar-refractivity contribution in [2.24, 2.45) is 0 Å². The molecule has 0 aliphatic carbocycles. The Bertz CT molecular complexity index is 676. The zero-order chi connectivity index (χ0) is 12.7. The number of aromatic amines is 1. The first-order chi connectivity index (χ1) is 8.63. The number of nitrogens with zero attached hydrogens (tertiary/aromatic N) is 1. The van der Waals surface area contributed by atoms with Crippen LogP contribution in [0.1, 0.15) is 12.8 Å². The summed E-state index contributed by atoms with van der Waals surface area (Å²) in [5, 5.41) is 3.63. The van der Waals surface area contributed by atoms with E-state index in [9.17, 15) is 4.79 Å². The zero-order valence-electron chi connectivity index (χ0n) is 9.57. The van der Waals surface area contributed by atoms with Crippen molar-refractivity contribution in [1.82, 2.24) is 14.9 Å². The summed E-state index contributed by atoms with van der Waals surface area (Å²) in [4.78, 5) is 14.4. The van der Waals surface area contributed by atoms with Gasteiger partial charge in [0.2, 0.25) is 5.91 Å². The Labute approximate surface area is 114 Å². The Morgan fingerprint density at radius 3 is 3.06 bits per heavy atom. The number of carbonyl (C=O) groups is 1. The van der Waals surface area contributed by atoms with Crippen molar-refractivity contribution in [3.63, 3.8) is 0 Å². The molecule has 0 saturated carbocycles. The fraction of sp³-hybridized carbons (Fsp3) is 0.333. The Morgan fingerprint density at radius 1 is 1.50 bits per heavy atom. The summed E-state index contributed by atoms with van der Waals surface area (Å²) in [7, 11) is 0. The maximum Gasteiger partial charge on any atom is 0.220 e. The fourth-order valence-corrected chi connectivity index (χ4v) is 2.79. The number of amides is 1. The normalized spacial score (nSPS) is 19.4. The standard InChI is InChI=1S/C12H12ClN3OS/c13-7-1-3-9-10(5-7)16(12(18)15-9)6-8-2-4-11(17)14-8/h1,3,5,8H,2,4,6H2,(H,14,17)(H,15,18). The molecule has 0 radical (unpaired) electrons. The molecule has 1 aromatic heterocycles. The van der Waals surface area contributed by atoms with Crippen LogP contribution in [0.4, 0.5) is 0 Å². The molecule has 2 N–H and O–H groups in total. The van der Waals surface area contributed by atoms with Crippen LogP contribution in [-0.4, -0.2) is 21.5 Å². The maximum absolute atomic E-state index is 11.2. The summed E-state index contributed by atoms with van der Waals surface area (Å²) in [6.45, 7) is 0.685. The lowest BCUT2D eigenvalue weighted by Crippen LogP contribution is -2.29. The van der Waals surface area contributed by atoms with Crippen molar-refractivity contribution in [3.8, 4) is 0 Å². The van der Waals surface area contributed by atoms with Crippen molar-refractivity contribution in [3.05, 3.63) is 28.0 Å². The predicted octanol–water partition coefficient (Wildman–Crippen LogP) is 2.63. The number of imidazole rings is 1. The molecule has 6 heteroatoms. The van der Waals surface area contributed by atoms with E-state index in [0.29, 0.717) is 22.8 Å². The quantitative estimate of drug-likeness (QED) is 0.832. The van der Waals surface area contributed by atoms with Gasteiger partial charge in [-0.3, -0.25) is 4.79 Å². The second kappa shape index (κ2) is 4.40. The van der Waals surface area contributed by atoms with Crippen molar-refractivity contribution < 1.29 is 4.79 Å². The Kier molecular flexibility index (Phi) is 2.87. The Hall–Kier alpha value is -1.33. The zero-order valence-corrected chi connectivity index (χ0v) is 11.1. The first-order valence-corrected chi connectivity index (χ1v) is 6.59. The van der Waals surface area contributed by atoms with E-state index in [-0.39, 0.29) is 11.9 Å². The number of halogens is 1. The van der Waals surface area contributed by atoms with Crippen LogP contribution in [-0.2, 0) is 11.3 Å². The van der Waals surface area contributed by atoms with E-state index >= 15 is 0 Å². The minimum atomic E-state index is 0.115. The van der Waals surface area contributed by atoms with Gasteiger partial charge in [0.05, 0.1) is 11.0 Å². The second-order valence-corrected chi connectivity index (χ2v) is 5.33. The summed E-state index contributed by atoms with van der Waals surface area (Å²) < 4.78 is 2.65. The summed E-state index contributed by atoms with van der Waals surface area (Å²) in [5.41, 5.74) is 1.95. The molecule has 2 aromatic rings. The van der Waals surface area contributed by atoms with Gasteiger partial charge in [0.15, 0.2) is 4.77 Å². The van der Waals surface area contributed by atoms with Crippen molar-refractivity contribution >= 4 is 40.8 Å². The number of aromatic nitrogens is 2. The minimum absolute atomic E-state index is 0.115.